The van der Waals surface area contributed by atoms with Gasteiger partial charge in [0, 0.05) is 0 Å². The third-order valence-electron chi connectivity index (χ3n) is 6.64. The maximum absolute atomic E-state index is 13.8. The van der Waals surface area contributed by atoms with Gasteiger partial charge >= 0.3 is 7.12 Å². The van der Waals surface area contributed by atoms with Crippen molar-refractivity contribution in [2.75, 3.05) is 0 Å². The van der Waals surface area contributed by atoms with Crippen LogP contribution in [0.2, 0.25) is 0 Å². The van der Waals surface area contributed by atoms with Gasteiger partial charge < -0.3 is 9.31 Å². The van der Waals surface area contributed by atoms with Gasteiger partial charge in [0.1, 0.15) is 5.82 Å². The van der Waals surface area contributed by atoms with Crippen molar-refractivity contribution in [2.24, 2.45) is 17.3 Å². The van der Waals surface area contributed by atoms with E-state index in [9.17, 15) is 4.39 Å². The maximum Gasteiger partial charge on any atom is 0.477 e. The van der Waals surface area contributed by atoms with Crippen molar-refractivity contribution >= 4 is 18.7 Å². The van der Waals surface area contributed by atoms with E-state index in [-0.39, 0.29) is 22.8 Å². The predicted octanol–water partition coefficient (Wildman–Crippen LogP) is 4.24. The largest absolute Gasteiger partial charge is 0.477 e. The lowest BCUT2D eigenvalue weighted by Crippen LogP contribution is -2.65. The first kappa shape index (κ1) is 15.9. The number of rotatable bonds is 3. The van der Waals surface area contributed by atoms with Crippen LogP contribution >= 0.6 is 11.6 Å². The number of hydrogen-bond donors (Lipinski definition) is 0. The third-order valence-corrected chi connectivity index (χ3v) is 7.00. The number of hydrogen-bond acceptors (Lipinski definition) is 2. The summed E-state index contributed by atoms with van der Waals surface area (Å²) in [5, 5.41) is -0.380. The molecule has 124 valence electrons. The molecule has 5 rings (SSSR count). The average Bonchev–Trinajstić information content (AvgIpc) is 2.86. The summed E-state index contributed by atoms with van der Waals surface area (Å²) >= 11 is 6.54. The van der Waals surface area contributed by atoms with Gasteiger partial charge in [-0.1, -0.05) is 32.0 Å². The topological polar surface area (TPSA) is 18.5 Å². The highest BCUT2D eigenvalue weighted by atomic mass is 35.5. The molecule has 0 radical (unpaired) electrons. The Morgan fingerprint density at radius 3 is 2.74 bits per heavy atom. The lowest BCUT2D eigenvalue weighted by atomic mass is 9.43. The normalized spacial score (nSPS) is 38.8. The molecule has 0 spiro atoms. The van der Waals surface area contributed by atoms with Crippen molar-refractivity contribution in [3.63, 3.8) is 0 Å². The van der Waals surface area contributed by atoms with Crippen LogP contribution in [0, 0.1) is 23.1 Å². The molecule has 1 aromatic carbocycles. The molecule has 1 saturated heterocycles. The Balaban J connectivity index is 1.49. The summed E-state index contributed by atoms with van der Waals surface area (Å²) in [6.07, 6.45) is 2.79. The highest BCUT2D eigenvalue weighted by Gasteiger charge is 2.68. The highest BCUT2D eigenvalue weighted by molar-refractivity contribution is 6.60. The van der Waals surface area contributed by atoms with E-state index in [1.165, 1.54) is 12.5 Å². The fraction of sp³-hybridized carbons (Fsp3) is 0.667. The molecular weight excluding hydrogens is 313 g/mol. The van der Waals surface area contributed by atoms with Crippen molar-refractivity contribution in [3.8, 4) is 0 Å². The van der Waals surface area contributed by atoms with Gasteiger partial charge in [-0.15, -0.1) is 11.6 Å². The fourth-order valence-corrected chi connectivity index (χ4v) is 5.30. The van der Waals surface area contributed by atoms with Crippen LogP contribution in [0.25, 0.3) is 0 Å². The minimum atomic E-state index is -0.457. The lowest BCUT2D eigenvalue weighted by Gasteiger charge is -2.64. The van der Waals surface area contributed by atoms with Crippen molar-refractivity contribution in [1.29, 1.82) is 0 Å². The Labute approximate surface area is 142 Å². The molecule has 0 unspecified atom stereocenters. The van der Waals surface area contributed by atoms with Crippen LogP contribution in [0.3, 0.4) is 0 Å². The zero-order valence-corrected chi connectivity index (χ0v) is 14.6. The summed E-state index contributed by atoms with van der Waals surface area (Å²) in [6.45, 7) is 6.84. The summed E-state index contributed by atoms with van der Waals surface area (Å²) in [5.41, 5.74) is 0.673. The standard InChI is InChI=1S/C18H23BClFO2/c1-17(2)12-9-14(17)18(3)15(10-12)22-19(23-18)16(20)8-11-6-4-5-7-13(11)21/h4-7,12,14-16H,8-10H2,1-3H3/t12-,14-,15+,16+,18-/m0/s1. The molecule has 1 aliphatic heterocycles. The van der Waals surface area contributed by atoms with Gasteiger partial charge in [-0.05, 0) is 55.1 Å². The summed E-state index contributed by atoms with van der Waals surface area (Å²) in [5.74, 6) is 1.01. The molecule has 5 atom stereocenters. The van der Waals surface area contributed by atoms with Gasteiger partial charge in [0.2, 0.25) is 0 Å². The number of halogens is 2. The molecule has 4 aliphatic rings. The molecular formula is C18H23BClFO2. The minimum absolute atomic E-state index is 0.117. The van der Waals surface area contributed by atoms with E-state index in [4.69, 9.17) is 20.9 Å². The summed E-state index contributed by atoms with van der Waals surface area (Å²) < 4.78 is 26.3. The zero-order chi connectivity index (χ0) is 16.4. The van der Waals surface area contributed by atoms with Crippen molar-refractivity contribution in [2.45, 2.75) is 57.0 Å². The summed E-state index contributed by atoms with van der Waals surface area (Å²) in [4.78, 5) is 0. The van der Waals surface area contributed by atoms with E-state index >= 15 is 0 Å². The van der Waals surface area contributed by atoms with Gasteiger partial charge in [-0.25, -0.2) is 4.39 Å². The molecule has 0 aromatic heterocycles. The van der Waals surface area contributed by atoms with Crippen molar-refractivity contribution in [3.05, 3.63) is 35.6 Å². The molecule has 0 amide bonds. The second-order valence-corrected chi connectivity index (χ2v) is 8.71. The molecule has 2 nitrogen and oxygen atoms in total. The van der Waals surface area contributed by atoms with Gasteiger partial charge in [-0.3, -0.25) is 0 Å². The van der Waals surface area contributed by atoms with Crippen molar-refractivity contribution in [1.82, 2.24) is 0 Å². The Morgan fingerprint density at radius 1 is 1.30 bits per heavy atom. The van der Waals surface area contributed by atoms with Crippen LogP contribution in [0.5, 0.6) is 0 Å². The van der Waals surface area contributed by atoms with E-state index < -0.39 is 7.12 Å². The maximum atomic E-state index is 13.8. The SMILES string of the molecule is CC1(C)[C@@H]2C[C@H]3OB([C@H](Cl)Cc4ccccc4F)O[C@@]3(C)[C@H]1C2. The van der Waals surface area contributed by atoms with Crippen LogP contribution < -0.4 is 0 Å². The van der Waals surface area contributed by atoms with Gasteiger partial charge in [-0.2, -0.15) is 0 Å². The van der Waals surface area contributed by atoms with Crippen molar-refractivity contribution < 1.29 is 13.7 Å². The van der Waals surface area contributed by atoms with E-state index in [1.807, 2.05) is 6.07 Å². The highest BCUT2D eigenvalue weighted by Crippen LogP contribution is 2.65. The first-order valence-electron chi connectivity index (χ1n) is 8.53. The molecule has 23 heavy (non-hydrogen) atoms. The second kappa shape index (κ2) is 5.21. The van der Waals surface area contributed by atoms with E-state index in [0.29, 0.717) is 29.2 Å². The Hall–Kier alpha value is -0.575. The average molecular weight is 337 g/mol. The molecule has 3 saturated carbocycles. The molecule has 1 aromatic rings. The Kier molecular flexibility index (Phi) is 3.61. The quantitative estimate of drug-likeness (QED) is 0.607. The lowest BCUT2D eigenvalue weighted by molar-refractivity contribution is -0.199. The van der Waals surface area contributed by atoms with E-state index in [2.05, 4.69) is 20.8 Å². The van der Waals surface area contributed by atoms with Gasteiger partial charge in [0.15, 0.2) is 0 Å². The van der Waals surface area contributed by atoms with Crippen LogP contribution in [0.4, 0.5) is 4.39 Å². The van der Waals surface area contributed by atoms with Gasteiger partial charge in [0.25, 0.3) is 0 Å². The third kappa shape index (κ3) is 2.29. The van der Waals surface area contributed by atoms with Crippen LogP contribution in [-0.2, 0) is 15.7 Å². The number of alkyl halides is 1. The van der Waals surface area contributed by atoms with Gasteiger partial charge in [0.05, 0.1) is 17.0 Å². The molecule has 3 aliphatic carbocycles. The van der Waals surface area contributed by atoms with E-state index in [1.54, 1.807) is 12.1 Å². The summed E-state index contributed by atoms with van der Waals surface area (Å²) in [6, 6.07) is 6.76. The van der Waals surface area contributed by atoms with Crippen LogP contribution in [0.15, 0.2) is 24.3 Å². The first-order chi connectivity index (χ1) is 10.8. The Morgan fingerprint density at radius 2 is 2.04 bits per heavy atom. The summed E-state index contributed by atoms with van der Waals surface area (Å²) in [7, 11) is -0.457. The zero-order valence-electron chi connectivity index (χ0n) is 13.9. The predicted molar refractivity (Wildman–Crippen MR) is 89.9 cm³/mol. The molecule has 4 fully saturated rings. The Bertz CT molecular complexity index is 625. The molecule has 2 bridgehead atoms. The monoisotopic (exact) mass is 336 g/mol. The second-order valence-electron chi connectivity index (χ2n) is 8.15. The van der Waals surface area contributed by atoms with Crippen LogP contribution in [0.1, 0.15) is 39.2 Å². The number of benzene rings is 1. The first-order valence-corrected chi connectivity index (χ1v) is 8.97. The molecule has 5 heteroatoms. The molecule has 1 heterocycles. The molecule has 0 N–H and O–H groups in total. The van der Waals surface area contributed by atoms with Crippen LogP contribution in [-0.4, -0.2) is 24.1 Å². The fourth-order valence-electron chi connectivity index (χ4n) is 5.02. The van der Waals surface area contributed by atoms with E-state index in [0.717, 1.165) is 6.42 Å². The smallest absolute Gasteiger partial charge is 0.404 e. The minimum Gasteiger partial charge on any atom is -0.404 e.